The number of nitrogens with two attached hydrogens (primary N) is 1. The van der Waals surface area contributed by atoms with Crippen molar-refractivity contribution in [1.29, 1.82) is 0 Å². The highest BCUT2D eigenvalue weighted by Gasteiger charge is 2.19. The summed E-state index contributed by atoms with van der Waals surface area (Å²) in [7, 11) is 1.24. The Morgan fingerprint density at radius 2 is 1.91 bits per heavy atom. The van der Waals surface area contributed by atoms with Gasteiger partial charge < -0.3 is 5.73 Å². The number of hydrogen-bond acceptors (Lipinski definition) is 5. The molecule has 2 rings (SSSR count). The minimum Gasteiger partial charge on any atom is -0.383 e. The molecular formula is C14H15ClN4O3. The number of hydrogen-bond donors (Lipinski definition) is 1. The van der Waals surface area contributed by atoms with Gasteiger partial charge in [0.2, 0.25) is 5.69 Å². The Bertz CT molecular complexity index is 868. The summed E-state index contributed by atoms with van der Waals surface area (Å²) in [4.78, 5) is 34.9. The summed E-state index contributed by atoms with van der Waals surface area (Å²) < 4.78 is 1.77. The third-order valence-electron chi connectivity index (χ3n) is 3.44. The second kappa shape index (κ2) is 5.76. The van der Waals surface area contributed by atoms with E-state index in [2.05, 4.69) is 5.18 Å². The fourth-order valence-corrected chi connectivity index (χ4v) is 2.37. The lowest BCUT2D eigenvalue weighted by molar-refractivity contribution is 0.735. The number of nitrogens with zero attached hydrogens (tertiary/aromatic N) is 3. The molecule has 0 unspecified atom stereocenters. The molecule has 2 aromatic rings. The third-order valence-corrected chi connectivity index (χ3v) is 3.74. The standard InChI is InChI=1S/C14H15ClN4O3/c1-7(2)8-4-5-10(9(15)6-8)19-12(16)11(17-22)13(20)18(3)14(19)21/h4-7H,16H2,1-3H3. The molecule has 0 atom stereocenters. The van der Waals surface area contributed by atoms with Gasteiger partial charge in [-0.1, -0.05) is 31.5 Å². The van der Waals surface area contributed by atoms with Gasteiger partial charge in [0.05, 0.1) is 10.7 Å². The number of halogens is 1. The quantitative estimate of drug-likeness (QED) is 0.876. The van der Waals surface area contributed by atoms with Gasteiger partial charge in [-0.2, -0.15) is 0 Å². The maximum Gasteiger partial charge on any atom is 0.337 e. The smallest absolute Gasteiger partial charge is 0.337 e. The first kappa shape index (κ1) is 16.0. The van der Waals surface area contributed by atoms with Crippen LogP contribution in [-0.2, 0) is 7.05 Å². The van der Waals surface area contributed by atoms with Crippen molar-refractivity contribution in [2.75, 3.05) is 5.73 Å². The Morgan fingerprint density at radius 1 is 1.27 bits per heavy atom. The molecule has 0 bridgehead atoms. The first-order chi connectivity index (χ1) is 10.3. The van der Waals surface area contributed by atoms with Crippen molar-refractivity contribution in [2.24, 2.45) is 12.2 Å². The predicted octanol–water partition coefficient (Wildman–Crippen LogP) is 2.29. The van der Waals surface area contributed by atoms with Gasteiger partial charge in [-0.3, -0.25) is 9.36 Å². The highest BCUT2D eigenvalue weighted by molar-refractivity contribution is 6.32. The van der Waals surface area contributed by atoms with Crippen molar-refractivity contribution in [1.82, 2.24) is 9.13 Å². The monoisotopic (exact) mass is 322 g/mol. The van der Waals surface area contributed by atoms with E-state index >= 15 is 0 Å². The molecule has 7 nitrogen and oxygen atoms in total. The third kappa shape index (κ3) is 2.43. The number of anilines is 1. The van der Waals surface area contributed by atoms with Crippen molar-refractivity contribution in [3.05, 3.63) is 54.5 Å². The fourth-order valence-electron chi connectivity index (χ4n) is 2.10. The summed E-state index contributed by atoms with van der Waals surface area (Å²) >= 11 is 6.23. The molecule has 1 heterocycles. The van der Waals surface area contributed by atoms with Crippen molar-refractivity contribution >= 4 is 23.1 Å². The molecular weight excluding hydrogens is 308 g/mol. The van der Waals surface area contributed by atoms with E-state index in [-0.39, 0.29) is 22.4 Å². The van der Waals surface area contributed by atoms with Gasteiger partial charge in [0.25, 0.3) is 5.56 Å². The van der Waals surface area contributed by atoms with E-state index in [1.807, 2.05) is 13.8 Å². The minimum atomic E-state index is -0.844. The van der Waals surface area contributed by atoms with Crippen LogP contribution in [0.15, 0.2) is 33.0 Å². The van der Waals surface area contributed by atoms with Gasteiger partial charge in [0.1, 0.15) is 5.82 Å². The lowest BCUT2D eigenvalue weighted by atomic mass is 10.0. The average Bonchev–Trinajstić information content (AvgIpc) is 2.47. The van der Waals surface area contributed by atoms with Crippen molar-refractivity contribution < 1.29 is 0 Å². The lowest BCUT2D eigenvalue weighted by Gasteiger charge is -2.15. The van der Waals surface area contributed by atoms with Crippen molar-refractivity contribution in [3.63, 3.8) is 0 Å². The molecule has 0 aliphatic carbocycles. The Hall–Kier alpha value is -2.41. The van der Waals surface area contributed by atoms with Crippen LogP contribution in [0.2, 0.25) is 5.02 Å². The summed E-state index contributed by atoms with van der Waals surface area (Å²) in [5, 5.41) is 2.91. The van der Waals surface area contributed by atoms with Gasteiger partial charge >= 0.3 is 5.69 Å². The van der Waals surface area contributed by atoms with Gasteiger partial charge in [-0.05, 0) is 28.8 Å². The van der Waals surface area contributed by atoms with E-state index in [1.54, 1.807) is 18.2 Å². The van der Waals surface area contributed by atoms with Crippen LogP contribution in [0.5, 0.6) is 0 Å². The number of nitroso groups, excluding NO2 is 1. The Morgan fingerprint density at radius 3 is 2.41 bits per heavy atom. The summed E-state index contributed by atoms with van der Waals surface area (Å²) in [5.74, 6) is -0.0738. The molecule has 0 fully saturated rings. The molecule has 116 valence electrons. The van der Waals surface area contributed by atoms with E-state index in [0.29, 0.717) is 0 Å². The largest absolute Gasteiger partial charge is 0.383 e. The molecule has 0 spiro atoms. The van der Waals surface area contributed by atoms with Crippen molar-refractivity contribution in [2.45, 2.75) is 19.8 Å². The van der Waals surface area contributed by atoms with Crippen LogP contribution < -0.4 is 17.0 Å². The number of benzene rings is 1. The molecule has 1 aromatic carbocycles. The van der Waals surface area contributed by atoms with Crippen molar-refractivity contribution in [3.8, 4) is 5.69 Å². The molecule has 0 aliphatic heterocycles. The summed E-state index contributed by atoms with van der Waals surface area (Å²) in [6, 6.07) is 5.14. The minimum absolute atomic E-state index is 0.257. The van der Waals surface area contributed by atoms with E-state index < -0.39 is 16.9 Å². The van der Waals surface area contributed by atoms with Gasteiger partial charge in [0.15, 0.2) is 0 Å². The second-order valence-corrected chi connectivity index (χ2v) is 5.58. The lowest BCUT2D eigenvalue weighted by Crippen LogP contribution is -2.38. The van der Waals surface area contributed by atoms with E-state index in [0.717, 1.165) is 14.7 Å². The van der Waals surface area contributed by atoms with Gasteiger partial charge in [0, 0.05) is 7.05 Å². The summed E-state index contributed by atoms with van der Waals surface area (Å²) in [6.07, 6.45) is 0. The normalized spacial score (nSPS) is 11.0. The first-order valence-electron chi connectivity index (χ1n) is 6.54. The maximum absolute atomic E-state index is 12.3. The topological polar surface area (TPSA) is 99.4 Å². The van der Waals surface area contributed by atoms with E-state index in [4.69, 9.17) is 17.3 Å². The van der Waals surface area contributed by atoms with E-state index in [9.17, 15) is 14.5 Å². The summed E-state index contributed by atoms with van der Waals surface area (Å²) in [6.45, 7) is 4.01. The zero-order chi connectivity index (χ0) is 16.6. The average molecular weight is 323 g/mol. The van der Waals surface area contributed by atoms with Crippen LogP contribution in [0.4, 0.5) is 11.5 Å². The molecule has 0 saturated heterocycles. The zero-order valence-corrected chi connectivity index (χ0v) is 13.1. The van der Waals surface area contributed by atoms with Gasteiger partial charge in [-0.15, -0.1) is 4.91 Å². The van der Waals surface area contributed by atoms with Crippen LogP contribution in [0.3, 0.4) is 0 Å². The SMILES string of the molecule is CC(C)c1ccc(-n2c(N)c(N=O)c(=O)n(C)c2=O)c(Cl)c1. The molecule has 8 heteroatoms. The predicted molar refractivity (Wildman–Crippen MR) is 86.2 cm³/mol. The van der Waals surface area contributed by atoms with Crippen LogP contribution >= 0.6 is 11.6 Å². The highest BCUT2D eigenvalue weighted by Crippen LogP contribution is 2.27. The molecule has 0 radical (unpaired) electrons. The maximum atomic E-state index is 12.3. The van der Waals surface area contributed by atoms with Crippen LogP contribution in [-0.4, -0.2) is 9.13 Å². The molecule has 0 aliphatic rings. The fraction of sp³-hybridized carbons (Fsp3) is 0.286. The number of rotatable bonds is 3. The second-order valence-electron chi connectivity index (χ2n) is 5.17. The van der Waals surface area contributed by atoms with Crippen LogP contribution in [0.1, 0.15) is 25.3 Å². The Kier molecular flexibility index (Phi) is 4.18. The van der Waals surface area contributed by atoms with Crippen LogP contribution in [0.25, 0.3) is 5.69 Å². The molecule has 1 aromatic heterocycles. The van der Waals surface area contributed by atoms with E-state index in [1.165, 1.54) is 7.05 Å². The molecule has 2 N–H and O–H groups in total. The first-order valence-corrected chi connectivity index (χ1v) is 6.92. The summed E-state index contributed by atoms with van der Waals surface area (Å²) in [5.41, 5.74) is 4.97. The molecule has 0 saturated carbocycles. The highest BCUT2D eigenvalue weighted by atomic mass is 35.5. The zero-order valence-electron chi connectivity index (χ0n) is 12.3. The molecule has 22 heavy (non-hydrogen) atoms. The Balaban J connectivity index is 2.84. The Labute approximate surface area is 130 Å². The molecule has 0 amide bonds. The van der Waals surface area contributed by atoms with Crippen LogP contribution in [0, 0.1) is 4.91 Å². The number of aromatic nitrogens is 2. The van der Waals surface area contributed by atoms with Gasteiger partial charge in [-0.25, -0.2) is 9.36 Å². The number of nitrogen functional groups attached to an aromatic ring is 1.